The van der Waals surface area contributed by atoms with Gasteiger partial charge in [-0.05, 0) is 26.0 Å². The Bertz CT molecular complexity index is 426. The van der Waals surface area contributed by atoms with E-state index >= 15 is 0 Å². The minimum Gasteiger partial charge on any atom is -0.458 e. The Labute approximate surface area is 94.6 Å². The molecular formula is C13H16O3. The fourth-order valence-electron chi connectivity index (χ4n) is 1.53. The van der Waals surface area contributed by atoms with Crippen LogP contribution in [0.2, 0.25) is 0 Å². The molecule has 0 aliphatic rings. The molecule has 1 aromatic carbocycles. The molecule has 0 amide bonds. The van der Waals surface area contributed by atoms with Crippen LogP contribution in [-0.2, 0) is 4.74 Å². The van der Waals surface area contributed by atoms with Gasteiger partial charge < -0.3 is 14.3 Å². The first-order chi connectivity index (χ1) is 7.66. The van der Waals surface area contributed by atoms with Gasteiger partial charge in [0.25, 0.3) is 0 Å². The third-order valence-electron chi connectivity index (χ3n) is 2.36. The fraction of sp³-hybridized carbons (Fsp3) is 0.385. The van der Waals surface area contributed by atoms with E-state index in [0.29, 0.717) is 5.76 Å². The maximum atomic E-state index is 9.85. The lowest BCUT2D eigenvalue weighted by Crippen LogP contribution is -2.11. The number of hydrogen-bond acceptors (Lipinski definition) is 3. The Morgan fingerprint density at radius 3 is 2.75 bits per heavy atom. The van der Waals surface area contributed by atoms with E-state index in [2.05, 4.69) is 0 Å². The second-order valence-corrected chi connectivity index (χ2v) is 4.08. The molecule has 0 saturated carbocycles. The van der Waals surface area contributed by atoms with Gasteiger partial charge in [0.1, 0.15) is 17.4 Å². The average molecular weight is 220 g/mol. The van der Waals surface area contributed by atoms with Crippen molar-refractivity contribution in [1.82, 2.24) is 0 Å². The molecule has 0 aliphatic carbocycles. The van der Waals surface area contributed by atoms with Crippen molar-refractivity contribution in [3.63, 3.8) is 0 Å². The molecular weight excluding hydrogens is 204 g/mol. The summed E-state index contributed by atoms with van der Waals surface area (Å²) < 4.78 is 10.9. The number of furan rings is 1. The Hall–Kier alpha value is -1.32. The van der Waals surface area contributed by atoms with Crippen LogP contribution in [0.4, 0.5) is 0 Å². The van der Waals surface area contributed by atoms with Gasteiger partial charge >= 0.3 is 0 Å². The van der Waals surface area contributed by atoms with E-state index in [0.717, 1.165) is 11.0 Å². The highest BCUT2D eigenvalue weighted by Crippen LogP contribution is 2.23. The number of rotatable bonds is 4. The summed E-state index contributed by atoms with van der Waals surface area (Å²) in [6, 6.07) is 9.54. The number of aliphatic hydroxyl groups excluding tert-OH is 1. The first kappa shape index (κ1) is 11.2. The van der Waals surface area contributed by atoms with Gasteiger partial charge in [-0.25, -0.2) is 0 Å². The highest BCUT2D eigenvalue weighted by molar-refractivity contribution is 5.77. The molecule has 1 heterocycles. The van der Waals surface area contributed by atoms with E-state index in [9.17, 15) is 5.11 Å². The van der Waals surface area contributed by atoms with E-state index in [1.807, 2.05) is 44.2 Å². The number of ether oxygens (including phenoxy) is 1. The summed E-state index contributed by atoms with van der Waals surface area (Å²) in [5.74, 6) is 0.557. The van der Waals surface area contributed by atoms with Crippen molar-refractivity contribution in [1.29, 1.82) is 0 Å². The molecule has 0 aliphatic heterocycles. The zero-order valence-electron chi connectivity index (χ0n) is 9.51. The summed E-state index contributed by atoms with van der Waals surface area (Å²) in [5.41, 5.74) is 0.793. The lowest BCUT2D eigenvalue weighted by molar-refractivity contribution is -0.00287. The van der Waals surface area contributed by atoms with E-state index in [-0.39, 0.29) is 12.7 Å². The molecule has 86 valence electrons. The minimum absolute atomic E-state index is 0.110. The van der Waals surface area contributed by atoms with E-state index < -0.39 is 6.10 Å². The number of hydrogen-bond donors (Lipinski definition) is 1. The van der Waals surface area contributed by atoms with Crippen LogP contribution in [0.15, 0.2) is 34.7 Å². The monoisotopic (exact) mass is 220 g/mol. The molecule has 1 unspecified atom stereocenters. The highest BCUT2D eigenvalue weighted by Gasteiger charge is 2.13. The van der Waals surface area contributed by atoms with Gasteiger partial charge in [0, 0.05) is 5.39 Å². The first-order valence-electron chi connectivity index (χ1n) is 5.45. The van der Waals surface area contributed by atoms with Crippen LogP contribution < -0.4 is 0 Å². The van der Waals surface area contributed by atoms with Gasteiger partial charge in [0.15, 0.2) is 0 Å². The maximum absolute atomic E-state index is 9.85. The molecule has 1 aromatic heterocycles. The normalized spacial score (nSPS) is 13.5. The summed E-state index contributed by atoms with van der Waals surface area (Å²) in [6.45, 7) is 4.13. The van der Waals surface area contributed by atoms with Gasteiger partial charge in [0.05, 0.1) is 12.7 Å². The smallest absolute Gasteiger partial charge is 0.136 e. The van der Waals surface area contributed by atoms with Crippen LogP contribution in [0.3, 0.4) is 0 Å². The van der Waals surface area contributed by atoms with Gasteiger partial charge in [-0.3, -0.25) is 0 Å². The van der Waals surface area contributed by atoms with Gasteiger partial charge in [-0.1, -0.05) is 18.2 Å². The van der Waals surface area contributed by atoms with Crippen molar-refractivity contribution in [2.24, 2.45) is 0 Å². The number of aliphatic hydroxyl groups is 1. The summed E-state index contributed by atoms with van der Waals surface area (Å²) in [6.07, 6.45) is -0.589. The summed E-state index contributed by atoms with van der Waals surface area (Å²) in [5, 5.41) is 10.9. The Morgan fingerprint density at radius 1 is 1.31 bits per heavy atom. The predicted octanol–water partition coefficient (Wildman–Crippen LogP) is 2.89. The largest absolute Gasteiger partial charge is 0.458 e. The van der Waals surface area contributed by atoms with Gasteiger partial charge in [-0.15, -0.1) is 0 Å². The van der Waals surface area contributed by atoms with Crippen LogP contribution in [-0.4, -0.2) is 17.8 Å². The molecule has 3 heteroatoms. The third kappa shape index (κ3) is 2.43. The molecule has 16 heavy (non-hydrogen) atoms. The van der Waals surface area contributed by atoms with Gasteiger partial charge in [-0.2, -0.15) is 0 Å². The lowest BCUT2D eigenvalue weighted by Gasteiger charge is -2.10. The topological polar surface area (TPSA) is 42.6 Å². The van der Waals surface area contributed by atoms with Gasteiger partial charge in [0.2, 0.25) is 0 Å². The molecule has 0 fully saturated rings. The molecule has 2 aromatic rings. The molecule has 0 saturated heterocycles. The van der Waals surface area contributed by atoms with Crippen LogP contribution in [0.1, 0.15) is 25.7 Å². The number of benzene rings is 1. The molecule has 0 radical (unpaired) electrons. The lowest BCUT2D eigenvalue weighted by atomic mass is 10.2. The Kier molecular flexibility index (Phi) is 3.27. The van der Waals surface area contributed by atoms with Crippen LogP contribution >= 0.6 is 0 Å². The molecule has 2 rings (SSSR count). The summed E-state index contributed by atoms with van der Waals surface area (Å²) >= 11 is 0. The molecule has 0 spiro atoms. The van der Waals surface area contributed by atoms with Crippen molar-refractivity contribution in [3.05, 3.63) is 36.1 Å². The standard InChI is InChI=1S/C13H16O3/c1-9(2)15-8-11(14)13-7-10-5-3-4-6-12(10)16-13/h3-7,9,11,14H,8H2,1-2H3. The molecule has 1 N–H and O–H groups in total. The second-order valence-electron chi connectivity index (χ2n) is 4.08. The van der Waals surface area contributed by atoms with E-state index in [1.54, 1.807) is 0 Å². The van der Waals surface area contributed by atoms with Crippen LogP contribution in [0, 0.1) is 0 Å². The van der Waals surface area contributed by atoms with Crippen molar-refractivity contribution in [2.75, 3.05) is 6.61 Å². The van der Waals surface area contributed by atoms with Crippen molar-refractivity contribution < 1.29 is 14.3 Å². The second kappa shape index (κ2) is 4.68. The predicted molar refractivity (Wildman–Crippen MR) is 62.3 cm³/mol. The SMILES string of the molecule is CC(C)OCC(O)c1cc2ccccc2o1. The average Bonchev–Trinajstić information content (AvgIpc) is 2.69. The minimum atomic E-state index is -0.699. The fourth-order valence-corrected chi connectivity index (χ4v) is 1.53. The molecule has 1 atom stereocenters. The number of para-hydroxylation sites is 1. The van der Waals surface area contributed by atoms with Crippen molar-refractivity contribution in [3.8, 4) is 0 Å². The summed E-state index contributed by atoms with van der Waals surface area (Å²) in [7, 11) is 0. The van der Waals surface area contributed by atoms with E-state index in [1.165, 1.54) is 0 Å². The van der Waals surface area contributed by atoms with E-state index in [4.69, 9.17) is 9.15 Å². The quantitative estimate of drug-likeness (QED) is 0.861. The zero-order valence-corrected chi connectivity index (χ0v) is 9.51. The van der Waals surface area contributed by atoms with Crippen molar-refractivity contribution in [2.45, 2.75) is 26.1 Å². The number of fused-ring (bicyclic) bond motifs is 1. The Balaban J connectivity index is 2.13. The van der Waals surface area contributed by atoms with Crippen LogP contribution in [0.5, 0.6) is 0 Å². The molecule has 3 nitrogen and oxygen atoms in total. The summed E-state index contributed by atoms with van der Waals surface area (Å²) in [4.78, 5) is 0. The Morgan fingerprint density at radius 2 is 2.06 bits per heavy atom. The first-order valence-corrected chi connectivity index (χ1v) is 5.45. The van der Waals surface area contributed by atoms with Crippen LogP contribution in [0.25, 0.3) is 11.0 Å². The maximum Gasteiger partial charge on any atom is 0.136 e. The zero-order chi connectivity index (χ0) is 11.5. The van der Waals surface area contributed by atoms with Crippen molar-refractivity contribution >= 4 is 11.0 Å². The third-order valence-corrected chi connectivity index (χ3v) is 2.36. The highest BCUT2D eigenvalue weighted by atomic mass is 16.5. The molecule has 0 bridgehead atoms.